The van der Waals surface area contributed by atoms with Gasteiger partial charge < -0.3 is 10.2 Å². The summed E-state index contributed by atoms with van der Waals surface area (Å²) in [4.78, 5) is 7.70. The molecule has 0 bridgehead atoms. The number of hydrogen-bond acceptors (Lipinski definition) is 4. The molecule has 1 N–H and O–H groups in total. The lowest BCUT2D eigenvalue weighted by Crippen LogP contribution is -2.57. The van der Waals surface area contributed by atoms with Crippen LogP contribution in [0.25, 0.3) is 0 Å². The fraction of sp³-hybridized carbons (Fsp3) is 0.667. The molecule has 23 heavy (non-hydrogen) atoms. The zero-order valence-corrected chi connectivity index (χ0v) is 18.0. The summed E-state index contributed by atoms with van der Waals surface area (Å²) in [5.41, 5.74) is 0. The molecule has 2 rings (SSSR count). The summed E-state index contributed by atoms with van der Waals surface area (Å²) in [6, 6.07) is 4.19. The Balaban J connectivity index is 0.00000264. The van der Waals surface area contributed by atoms with Gasteiger partial charge in [-0.05, 0) is 25.3 Å². The van der Waals surface area contributed by atoms with Gasteiger partial charge in [0, 0.05) is 37.5 Å². The number of nitrogens with zero attached hydrogens (tertiary/aromatic N) is 2. The molecule has 0 aliphatic carbocycles. The van der Waals surface area contributed by atoms with Gasteiger partial charge in [-0.3, -0.25) is 4.99 Å². The molecule has 0 spiro atoms. The molecule has 1 aromatic heterocycles. The highest BCUT2D eigenvalue weighted by atomic mass is 127. The smallest absolute Gasteiger partial charge is 0.193 e. The van der Waals surface area contributed by atoms with Crippen molar-refractivity contribution in [2.24, 2.45) is 4.99 Å². The van der Waals surface area contributed by atoms with Crippen LogP contribution in [0.1, 0.15) is 31.6 Å². The number of thiophene rings is 1. The molecule has 1 fully saturated rings. The van der Waals surface area contributed by atoms with Crippen molar-refractivity contribution in [3.63, 3.8) is 0 Å². The minimum Gasteiger partial charge on any atom is -0.356 e. The van der Waals surface area contributed by atoms with Crippen molar-refractivity contribution < 1.29 is 8.42 Å². The van der Waals surface area contributed by atoms with Crippen molar-refractivity contribution in [3.8, 4) is 0 Å². The third kappa shape index (κ3) is 4.82. The molecule has 5 nitrogen and oxygen atoms in total. The number of guanidine groups is 1. The molecule has 132 valence electrons. The molecular weight excluding hydrogens is 445 g/mol. The Morgan fingerprint density at radius 2 is 2.22 bits per heavy atom. The first-order chi connectivity index (χ1) is 10.3. The summed E-state index contributed by atoms with van der Waals surface area (Å²) >= 11 is 1.75. The SMILES string of the molecule is CN=C(NCC(C)c1cccs1)N1CCS(=O)(=O)C(C)(C)C1.I. The van der Waals surface area contributed by atoms with Crippen LogP contribution in [0.5, 0.6) is 0 Å². The zero-order valence-electron chi connectivity index (χ0n) is 14.1. The van der Waals surface area contributed by atoms with Crippen molar-refractivity contribution in [1.29, 1.82) is 0 Å². The molecule has 2 heterocycles. The maximum absolute atomic E-state index is 12.1. The molecular formula is C15H26IN3O2S2. The Kier molecular flexibility index (Phi) is 7.34. The van der Waals surface area contributed by atoms with Crippen LogP contribution >= 0.6 is 35.3 Å². The molecule has 1 aliphatic rings. The number of rotatable bonds is 3. The number of sulfone groups is 1. The number of hydrogen-bond donors (Lipinski definition) is 1. The second-order valence-electron chi connectivity index (χ2n) is 6.34. The van der Waals surface area contributed by atoms with Gasteiger partial charge in [0.1, 0.15) is 0 Å². The van der Waals surface area contributed by atoms with Gasteiger partial charge in [0.25, 0.3) is 0 Å². The first-order valence-corrected chi connectivity index (χ1v) is 10.0. The highest BCUT2D eigenvalue weighted by Crippen LogP contribution is 2.24. The van der Waals surface area contributed by atoms with E-state index in [9.17, 15) is 8.42 Å². The van der Waals surface area contributed by atoms with Crippen molar-refractivity contribution in [2.45, 2.75) is 31.4 Å². The molecule has 0 amide bonds. The van der Waals surface area contributed by atoms with Crippen molar-refractivity contribution >= 4 is 51.1 Å². The maximum Gasteiger partial charge on any atom is 0.193 e. The van der Waals surface area contributed by atoms with Gasteiger partial charge in [-0.2, -0.15) is 0 Å². The normalized spacial score (nSPS) is 21.4. The molecule has 0 aromatic carbocycles. The lowest BCUT2D eigenvalue weighted by molar-refractivity contribution is 0.353. The predicted octanol–water partition coefficient (Wildman–Crippen LogP) is 2.55. The van der Waals surface area contributed by atoms with Crippen LogP contribution in [-0.2, 0) is 9.84 Å². The fourth-order valence-electron chi connectivity index (χ4n) is 2.57. The van der Waals surface area contributed by atoms with E-state index in [4.69, 9.17) is 0 Å². The maximum atomic E-state index is 12.1. The standard InChI is InChI=1S/C15H25N3O2S2.HI/c1-12(13-6-5-8-21-13)10-17-14(16-4)18-7-9-22(19,20)15(2,3)11-18;/h5-6,8,12H,7,9-11H2,1-4H3,(H,16,17);1H. The van der Waals surface area contributed by atoms with Crippen LogP contribution in [0.3, 0.4) is 0 Å². The molecule has 1 unspecified atom stereocenters. The number of halogens is 1. The third-order valence-electron chi connectivity index (χ3n) is 4.15. The van der Waals surface area contributed by atoms with Gasteiger partial charge in [0.2, 0.25) is 0 Å². The minimum atomic E-state index is -3.03. The van der Waals surface area contributed by atoms with Gasteiger partial charge in [0.15, 0.2) is 15.8 Å². The lowest BCUT2D eigenvalue weighted by atomic mass is 10.1. The van der Waals surface area contributed by atoms with Crippen molar-refractivity contribution in [2.75, 3.05) is 32.4 Å². The monoisotopic (exact) mass is 471 g/mol. The van der Waals surface area contributed by atoms with Gasteiger partial charge in [-0.25, -0.2) is 8.42 Å². The van der Waals surface area contributed by atoms with E-state index in [-0.39, 0.29) is 29.7 Å². The van der Waals surface area contributed by atoms with E-state index < -0.39 is 14.6 Å². The van der Waals surface area contributed by atoms with Crippen LogP contribution in [0.2, 0.25) is 0 Å². The minimum absolute atomic E-state index is 0. The van der Waals surface area contributed by atoms with Gasteiger partial charge in [-0.1, -0.05) is 13.0 Å². The second kappa shape index (κ2) is 8.15. The van der Waals surface area contributed by atoms with Crippen LogP contribution in [0.4, 0.5) is 0 Å². The number of aliphatic imine (C=N–C) groups is 1. The summed E-state index contributed by atoms with van der Waals surface area (Å²) in [5.74, 6) is 1.37. The Morgan fingerprint density at radius 3 is 2.74 bits per heavy atom. The molecule has 1 saturated heterocycles. The Hall–Kier alpha value is -0.350. The predicted molar refractivity (Wildman–Crippen MR) is 109 cm³/mol. The highest BCUT2D eigenvalue weighted by Gasteiger charge is 2.40. The zero-order chi connectivity index (χ0) is 16.4. The van der Waals surface area contributed by atoms with E-state index in [0.717, 1.165) is 12.5 Å². The topological polar surface area (TPSA) is 61.8 Å². The van der Waals surface area contributed by atoms with E-state index >= 15 is 0 Å². The average Bonchev–Trinajstić information content (AvgIpc) is 2.97. The van der Waals surface area contributed by atoms with Gasteiger partial charge in [0.05, 0.1) is 10.5 Å². The lowest BCUT2D eigenvalue weighted by Gasteiger charge is -2.39. The van der Waals surface area contributed by atoms with Crippen LogP contribution < -0.4 is 5.32 Å². The molecule has 1 atom stereocenters. The second-order valence-corrected chi connectivity index (χ2v) is 10.1. The van der Waals surface area contributed by atoms with E-state index in [1.165, 1.54) is 4.88 Å². The summed E-state index contributed by atoms with van der Waals surface area (Å²) in [5, 5.41) is 5.46. The van der Waals surface area contributed by atoms with E-state index in [1.807, 2.05) is 4.90 Å². The Bertz CT molecular complexity index is 627. The van der Waals surface area contributed by atoms with Crippen LogP contribution in [-0.4, -0.2) is 56.5 Å². The highest BCUT2D eigenvalue weighted by molar-refractivity contribution is 14.0. The van der Waals surface area contributed by atoms with E-state index in [1.54, 1.807) is 32.2 Å². The molecule has 8 heteroatoms. The molecule has 1 aromatic rings. The quantitative estimate of drug-likeness (QED) is 0.418. The Morgan fingerprint density at radius 1 is 1.52 bits per heavy atom. The van der Waals surface area contributed by atoms with Gasteiger partial charge >= 0.3 is 0 Å². The fourth-order valence-corrected chi connectivity index (χ4v) is 4.73. The van der Waals surface area contributed by atoms with E-state index in [2.05, 4.69) is 34.7 Å². The van der Waals surface area contributed by atoms with Crippen LogP contribution in [0.15, 0.2) is 22.5 Å². The van der Waals surface area contributed by atoms with E-state index in [0.29, 0.717) is 19.0 Å². The first-order valence-electron chi connectivity index (χ1n) is 7.48. The number of nitrogens with one attached hydrogen (secondary N) is 1. The summed E-state index contributed by atoms with van der Waals surface area (Å²) in [6.45, 7) is 7.51. The molecule has 1 aliphatic heterocycles. The van der Waals surface area contributed by atoms with Gasteiger partial charge in [-0.15, -0.1) is 35.3 Å². The molecule has 0 radical (unpaired) electrons. The summed E-state index contributed by atoms with van der Waals surface area (Å²) in [6.07, 6.45) is 0. The van der Waals surface area contributed by atoms with Crippen molar-refractivity contribution in [3.05, 3.63) is 22.4 Å². The average molecular weight is 471 g/mol. The molecule has 0 saturated carbocycles. The third-order valence-corrected chi connectivity index (χ3v) is 7.79. The summed E-state index contributed by atoms with van der Waals surface area (Å²) < 4.78 is 23.5. The first kappa shape index (κ1) is 20.7. The summed E-state index contributed by atoms with van der Waals surface area (Å²) in [7, 11) is -1.28. The Labute approximate surface area is 160 Å². The largest absolute Gasteiger partial charge is 0.356 e. The van der Waals surface area contributed by atoms with Crippen LogP contribution in [0, 0.1) is 0 Å². The van der Waals surface area contributed by atoms with Crippen molar-refractivity contribution in [1.82, 2.24) is 10.2 Å².